The van der Waals surface area contributed by atoms with E-state index in [9.17, 15) is 14.7 Å². The molecule has 1 heterocycles. The molecule has 1 N–H and O–H groups in total. The predicted octanol–water partition coefficient (Wildman–Crippen LogP) is 3.94. The van der Waals surface area contributed by atoms with Gasteiger partial charge < -0.3 is 24.2 Å². The second-order valence-corrected chi connectivity index (χ2v) is 7.45. The highest BCUT2D eigenvalue weighted by molar-refractivity contribution is 6.46. The zero-order chi connectivity index (χ0) is 23.1. The summed E-state index contributed by atoms with van der Waals surface area (Å²) in [6, 6.07) is 13.3. The van der Waals surface area contributed by atoms with Gasteiger partial charge in [0.2, 0.25) is 0 Å². The van der Waals surface area contributed by atoms with Gasteiger partial charge in [-0.2, -0.15) is 0 Å². The average Bonchev–Trinajstić information content (AvgIpc) is 3.07. The third-order valence-corrected chi connectivity index (χ3v) is 5.32. The molecule has 7 heteroatoms. The largest absolute Gasteiger partial charge is 0.507 e. The molecule has 0 aliphatic carbocycles. The van der Waals surface area contributed by atoms with E-state index in [1.54, 1.807) is 43.5 Å². The zero-order valence-electron chi connectivity index (χ0n) is 18.7. The Hall–Kier alpha value is -3.32. The van der Waals surface area contributed by atoms with Crippen molar-refractivity contribution in [1.82, 2.24) is 4.90 Å². The summed E-state index contributed by atoms with van der Waals surface area (Å²) in [5.41, 5.74) is 1.11. The molecule has 0 radical (unpaired) electrons. The van der Waals surface area contributed by atoms with Crippen LogP contribution in [0.4, 0.5) is 0 Å². The first-order valence-electron chi connectivity index (χ1n) is 10.7. The molecule has 7 nitrogen and oxygen atoms in total. The minimum absolute atomic E-state index is 0.0409. The first-order chi connectivity index (χ1) is 15.5. The van der Waals surface area contributed by atoms with Crippen LogP contribution < -0.4 is 9.47 Å². The van der Waals surface area contributed by atoms with Gasteiger partial charge in [0, 0.05) is 31.4 Å². The molecule has 32 heavy (non-hydrogen) atoms. The Labute approximate surface area is 188 Å². The molecular weight excluding hydrogens is 410 g/mol. The second kappa shape index (κ2) is 10.8. The summed E-state index contributed by atoms with van der Waals surface area (Å²) in [6.45, 7) is 3.36. The fraction of sp³-hybridized carbons (Fsp3) is 0.360. The lowest BCUT2D eigenvalue weighted by Crippen LogP contribution is -2.31. The van der Waals surface area contributed by atoms with Crippen molar-refractivity contribution in [3.05, 3.63) is 65.2 Å². The van der Waals surface area contributed by atoms with Gasteiger partial charge in [0.25, 0.3) is 11.7 Å². The smallest absolute Gasteiger partial charge is 0.295 e. The van der Waals surface area contributed by atoms with Gasteiger partial charge in [-0.05, 0) is 43.2 Å². The molecule has 1 saturated heterocycles. The molecule has 0 saturated carbocycles. The van der Waals surface area contributed by atoms with Crippen LogP contribution in [0, 0.1) is 0 Å². The number of likely N-dealkylation sites (tertiary alicyclic amines) is 1. The lowest BCUT2D eigenvalue weighted by Gasteiger charge is -2.26. The van der Waals surface area contributed by atoms with Gasteiger partial charge in [0.15, 0.2) is 0 Å². The number of ketones is 1. The molecule has 1 unspecified atom stereocenters. The van der Waals surface area contributed by atoms with E-state index in [4.69, 9.17) is 14.2 Å². The number of aliphatic hydroxyl groups is 1. The number of ether oxygens (including phenoxy) is 3. The summed E-state index contributed by atoms with van der Waals surface area (Å²) in [5.74, 6) is -0.394. The van der Waals surface area contributed by atoms with E-state index in [1.807, 2.05) is 19.1 Å². The highest BCUT2D eigenvalue weighted by Gasteiger charge is 2.46. The van der Waals surface area contributed by atoms with E-state index in [2.05, 4.69) is 0 Å². The van der Waals surface area contributed by atoms with Crippen LogP contribution >= 0.6 is 0 Å². The number of carbonyl (C=O) groups excluding carboxylic acids is 2. The predicted molar refractivity (Wildman–Crippen MR) is 121 cm³/mol. The molecule has 0 spiro atoms. The number of methoxy groups -OCH3 is 2. The Bertz CT molecular complexity index is 982. The van der Waals surface area contributed by atoms with E-state index in [-0.39, 0.29) is 11.3 Å². The second-order valence-electron chi connectivity index (χ2n) is 7.45. The van der Waals surface area contributed by atoms with Gasteiger partial charge >= 0.3 is 0 Å². The number of Topliss-reactive ketones (excluding diaryl/α,β-unsaturated/α-hetero) is 1. The minimum Gasteiger partial charge on any atom is -0.507 e. The number of hydrogen-bond donors (Lipinski definition) is 1. The van der Waals surface area contributed by atoms with Crippen LogP contribution in [0.15, 0.2) is 54.1 Å². The molecule has 170 valence electrons. The molecule has 3 rings (SSSR count). The van der Waals surface area contributed by atoms with Crippen LogP contribution in [0.3, 0.4) is 0 Å². The van der Waals surface area contributed by atoms with E-state index in [1.165, 1.54) is 12.0 Å². The van der Waals surface area contributed by atoms with Crippen molar-refractivity contribution in [2.45, 2.75) is 25.8 Å². The van der Waals surface area contributed by atoms with Gasteiger partial charge in [-0.25, -0.2) is 0 Å². The molecule has 2 aromatic rings. The van der Waals surface area contributed by atoms with Gasteiger partial charge in [-0.3, -0.25) is 9.59 Å². The van der Waals surface area contributed by atoms with Crippen molar-refractivity contribution in [2.75, 3.05) is 34.0 Å². The normalized spacial score (nSPS) is 17.6. The molecule has 1 atom stereocenters. The number of para-hydroxylation sites is 1. The quantitative estimate of drug-likeness (QED) is 0.261. The number of aliphatic hydroxyl groups excluding tert-OH is 1. The van der Waals surface area contributed by atoms with Crippen LogP contribution in [-0.2, 0) is 14.3 Å². The Morgan fingerprint density at radius 1 is 1.03 bits per heavy atom. The van der Waals surface area contributed by atoms with E-state index in [0.29, 0.717) is 48.8 Å². The Kier molecular flexibility index (Phi) is 7.89. The summed E-state index contributed by atoms with van der Waals surface area (Å²) in [7, 11) is 3.12. The van der Waals surface area contributed by atoms with Crippen LogP contribution in [-0.4, -0.2) is 55.7 Å². The van der Waals surface area contributed by atoms with Crippen LogP contribution in [0.1, 0.15) is 36.9 Å². The van der Waals surface area contributed by atoms with Crippen LogP contribution in [0.25, 0.3) is 5.76 Å². The molecule has 0 bridgehead atoms. The minimum atomic E-state index is -0.765. The van der Waals surface area contributed by atoms with Crippen molar-refractivity contribution in [3.63, 3.8) is 0 Å². The number of benzene rings is 2. The van der Waals surface area contributed by atoms with Crippen molar-refractivity contribution in [2.24, 2.45) is 0 Å². The molecule has 1 amide bonds. The van der Waals surface area contributed by atoms with Gasteiger partial charge in [0.1, 0.15) is 17.3 Å². The Morgan fingerprint density at radius 3 is 2.41 bits per heavy atom. The number of amides is 1. The molecular formula is C25H29NO6. The fourth-order valence-electron chi connectivity index (χ4n) is 3.79. The van der Waals surface area contributed by atoms with Crippen LogP contribution in [0.5, 0.6) is 11.5 Å². The number of carbonyl (C=O) groups is 2. The summed E-state index contributed by atoms with van der Waals surface area (Å²) >= 11 is 0. The SMILES string of the molecule is CCCOc1ccc(/C(O)=C2\C(=O)C(=O)N(CCCOC)C2c2ccccc2OC)cc1. The lowest BCUT2D eigenvalue weighted by molar-refractivity contribution is -0.140. The molecule has 2 aromatic carbocycles. The van der Waals surface area contributed by atoms with Gasteiger partial charge in [0.05, 0.1) is 25.3 Å². The Balaban J connectivity index is 2.07. The number of rotatable bonds is 10. The topological polar surface area (TPSA) is 85.3 Å². The summed E-state index contributed by atoms with van der Waals surface area (Å²) in [5, 5.41) is 11.1. The maximum Gasteiger partial charge on any atom is 0.295 e. The molecule has 1 aliphatic heterocycles. The Morgan fingerprint density at radius 2 is 1.75 bits per heavy atom. The highest BCUT2D eigenvalue weighted by Crippen LogP contribution is 2.42. The average molecular weight is 440 g/mol. The van der Waals surface area contributed by atoms with Gasteiger partial charge in [-0.15, -0.1) is 0 Å². The first-order valence-corrected chi connectivity index (χ1v) is 10.7. The summed E-state index contributed by atoms with van der Waals surface area (Å²) in [6.07, 6.45) is 1.44. The van der Waals surface area contributed by atoms with Gasteiger partial charge in [-0.1, -0.05) is 25.1 Å². The summed E-state index contributed by atoms with van der Waals surface area (Å²) in [4.78, 5) is 27.5. The molecule has 0 aromatic heterocycles. The standard InChI is InChI=1S/C25H29NO6/c1-4-15-32-18-12-10-17(11-13-18)23(27)21-22(19-8-5-6-9-20(19)31-3)26(14-7-16-30-2)25(29)24(21)28/h5-6,8-13,22,27H,4,7,14-16H2,1-3H3/b23-21+. The molecule has 1 aliphatic rings. The third-order valence-electron chi connectivity index (χ3n) is 5.32. The molecule has 1 fully saturated rings. The monoisotopic (exact) mass is 439 g/mol. The van der Waals surface area contributed by atoms with Crippen molar-refractivity contribution in [3.8, 4) is 11.5 Å². The maximum atomic E-state index is 13.0. The highest BCUT2D eigenvalue weighted by atomic mass is 16.5. The van der Waals surface area contributed by atoms with Crippen molar-refractivity contribution >= 4 is 17.4 Å². The van der Waals surface area contributed by atoms with Crippen LogP contribution in [0.2, 0.25) is 0 Å². The van der Waals surface area contributed by atoms with E-state index in [0.717, 1.165) is 6.42 Å². The first kappa shape index (κ1) is 23.3. The van der Waals surface area contributed by atoms with Crippen molar-refractivity contribution in [1.29, 1.82) is 0 Å². The van der Waals surface area contributed by atoms with E-state index < -0.39 is 17.7 Å². The maximum absolute atomic E-state index is 13.0. The third kappa shape index (κ3) is 4.78. The number of nitrogens with zero attached hydrogens (tertiary/aromatic N) is 1. The fourth-order valence-corrected chi connectivity index (χ4v) is 3.79. The zero-order valence-corrected chi connectivity index (χ0v) is 18.7. The lowest BCUT2D eigenvalue weighted by atomic mass is 9.94. The van der Waals surface area contributed by atoms with E-state index >= 15 is 0 Å². The number of hydrogen-bond acceptors (Lipinski definition) is 6. The van der Waals surface area contributed by atoms with Crippen molar-refractivity contribution < 1.29 is 28.9 Å². The summed E-state index contributed by atoms with van der Waals surface area (Å²) < 4.78 is 16.2.